The number of phenolic OH excluding ortho intramolecular Hbond substituents is 1. The molecule has 1 aliphatic heterocycles. The fourth-order valence-electron chi connectivity index (χ4n) is 2.04. The molecular weight excluding hydrogens is 348 g/mol. The van der Waals surface area contributed by atoms with Gasteiger partial charge in [0.1, 0.15) is 5.75 Å². The fraction of sp³-hybridized carbons (Fsp3) is 0.133. The van der Waals surface area contributed by atoms with Gasteiger partial charge in [0.2, 0.25) is 0 Å². The van der Waals surface area contributed by atoms with Crippen LogP contribution in [0.2, 0.25) is 0 Å². The van der Waals surface area contributed by atoms with Crippen LogP contribution in [0.4, 0.5) is 0 Å². The molecule has 1 aromatic heterocycles. The van der Waals surface area contributed by atoms with E-state index in [1.165, 1.54) is 19.4 Å². The zero-order valence-electron chi connectivity index (χ0n) is 13.1. The number of esters is 1. The second-order valence-corrected chi connectivity index (χ2v) is 5.91. The van der Waals surface area contributed by atoms with Crippen molar-refractivity contribution in [2.75, 3.05) is 7.11 Å². The highest BCUT2D eigenvalue weighted by atomic mass is 32.2. The molecule has 3 rings (SSSR count). The first-order valence-electron chi connectivity index (χ1n) is 6.97. The van der Waals surface area contributed by atoms with Crippen LogP contribution in [-0.2, 0) is 14.3 Å². The summed E-state index contributed by atoms with van der Waals surface area (Å²) in [5, 5.41) is 24.9. The van der Waals surface area contributed by atoms with Gasteiger partial charge in [-0.25, -0.2) is 4.79 Å². The molecule has 1 amide bonds. The first kappa shape index (κ1) is 16.7. The minimum atomic E-state index is -0.639. The molecule has 1 aromatic carbocycles. The van der Waals surface area contributed by atoms with E-state index in [9.17, 15) is 14.7 Å². The second kappa shape index (κ2) is 6.77. The number of aryl methyl sites for hydroxylation is 1. The summed E-state index contributed by atoms with van der Waals surface area (Å²) in [4.78, 5) is 23.0. The summed E-state index contributed by atoms with van der Waals surface area (Å²) in [6.45, 7) is 1.78. The standard InChI is InChI=1S/C15H12N4O5S/c1-7-8-3-4-10(20)9(13(8)24-19-7)6-16-18-15-17-14(22)11(25-15)5-12(21)23-2/h3-6,20H,1-2H3,(H,17,18,22)/b11-5+,16-6?. The Morgan fingerprint density at radius 2 is 2.28 bits per heavy atom. The van der Waals surface area contributed by atoms with E-state index in [2.05, 4.69) is 25.4 Å². The first-order valence-corrected chi connectivity index (χ1v) is 7.79. The smallest absolute Gasteiger partial charge is 0.331 e. The number of fused-ring (bicyclic) bond motifs is 1. The van der Waals surface area contributed by atoms with E-state index in [1.54, 1.807) is 13.0 Å². The van der Waals surface area contributed by atoms with E-state index in [0.717, 1.165) is 23.2 Å². The summed E-state index contributed by atoms with van der Waals surface area (Å²) < 4.78 is 9.66. The number of phenols is 1. The molecule has 2 N–H and O–H groups in total. The summed E-state index contributed by atoms with van der Waals surface area (Å²) in [5.74, 6) is -1.15. The number of hydrogen-bond donors (Lipinski definition) is 2. The van der Waals surface area contributed by atoms with Crippen molar-refractivity contribution in [1.82, 2.24) is 10.5 Å². The Labute approximate surface area is 145 Å². The highest BCUT2D eigenvalue weighted by molar-refractivity contribution is 8.18. The predicted molar refractivity (Wildman–Crippen MR) is 91.3 cm³/mol. The van der Waals surface area contributed by atoms with E-state index in [-0.39, 0.29) is 15.8 Å². The lowest BCUT2D eigenvalue weighted by atomic mass is 10.1. The van der Waals surface area contributed by atoms with Gasteiger partial charge in [-0.2, -0.15) is 5.10 Å². The minimum absolute atomic E-state index is 0.0398. The Morgan fingerprint density at radius 1 is 1.48 bits per heavy atom. The number of benzene rings is 1. The van der Waals surface area contributed by atoms with Crippen LogP contribution in [-0.4, -0.2) is 40.6 Å². The molecule has 1 fully saturated rings. The van der Waals surface area contributed by atoms with E-state index in [0.29, 0.717) is 16.8 Å². The molecule has 0 aliphatic carbocycles. The van der Waals surface area contributed by atoms with Gasteiger partial charge >= 0.3 is 5.97 Å². The number of carbonyl (C=O) groups is 2. The molecule has 0 spiro atoms. The SMILES string of the molecule is COC(=O)/C=C1/S/C(=N\N=Cc2c(O)ccc3c(C)noc23)NC1=O. The summed E-state index contributed by atoms with van der Waals surface area (Å²) in [6, 6.07) is 3.20. The van der Waals surface area contributed by atoms with Crippen molar-refractivity contribution in [2.45, 2.75) is 6.92 Å². The van der Waals surface area contributed by atoms with E-state index >= 15 is 0 Å². The predicted octanol–water partition coefficient (Wildman–Crippen LogP) is 1.45. The number of methoxy groups -OCH3 is 1. The fourth-order valence-corrected chi connectivity index (χ4v) is 2.78. The molecule has 1 saturated heterocycles. The van der Waals surface area contributed by atoms with E-state index in [1.807, 2.05) is 0 Å². The Bertz CT molecular complexity index is 960. The number of aromatic hydroxyl groups is 1. The maximum atomic E-state index is 11.7. The number of hydrogen-bond acceptors (Lipinski definition) is 9. The van der Waals surface area contributed by atoms with Gasteiger partial charge < -0.3 is 14.4 Å². The van der Waals surface area contributed by atoms with Crippen molar-refractivity contribution in [2.24, 2.45) is 10.2 Å². The van der Waals surface area contributed by atoms with Crippen molar-refractivity contribution in [3.63, 3.8) is 0 Å². The molecule has 25 heavy (non-hydrogen) atoms. The van der Waals surface area contributed by atoms with Gasteiger partial charge in [-0.05, 0) is 30.8 Å². The third-order valence-corrected chi connectivity index (χ3v) is 4.17. The van der Waals surface area contributed by atoms with Crippen molar-refractivity contribution in [3.8, 4) is 5.75 Å². The molecule has 10 heteroatoms. The lowest BCUT2D eigenvalue weighted by molar-refractivity contribution is -0.135. The third kappa shape index (κ3) is 3.38. The number of nitrogens with one attached hydrogen (secondary N) is 1. The van der Waals surface area contributed by atoms with Crippen molar-refractivity contribution >= 4 is 46.0 Å². The van der Waals surface area contributed by atoms with Crippen molar-refractivity contribution in [1.29, 1.82) is 0 Å². The zero-order chi connectivity index (χ0) is 18.0. The molecule has 9 nitrogen and oxygen atoms in total. The monoisotopic (exact) mass is 360 g/mol. The Kier molecular flexibility index (Phi) is 4.52. The molecule has 2 aromatic rings. The maximum absolute atomic E-state index is 11.7. The first-order chi connectivity index (χ1) is 12.0. The minimum Gasteiger partial charge on any atom is -0.507 e. The molecule has 128 valence electrons. The summed E-state index contributed by atoms with van der Waals surface area (Å²) >= 11 is 0.947. The molecule has 0 saturated carbocycles. The molecule has 1 aliphatic rings. The molecular formula is C15H12N4O5S. The van der Waals surface area contributed by atoms with Gasteiger partial charge in [-0.3, -0.25) is 10.1 Å². The summed E-state index contributed by atoms with van der Waals surface area (Å²) in [6.07, 6.45) is 2.36. The summed E-state index contributed by atoms with van der Waals surface area (Å²) in [7, 11) is 1.22. The van der Waals surface area contributed by atoms with Gasteiger partial charge in [0, 0.05) is 11.5 Å². The number of ether oxygens (including phenoxy) is 1. The van der Waals surface area contributed by atoms with Crippen LogP contribution in [0.15, 0.2) is 37.8 Å². The topological polar surface area (TPSA) is 126 Å². The van der Waals surface area contributed by atoms with Crippen LogP contribution in [0.25, 0.3) is 11.0 Å². The number of nitrogens with zero attached hydrogens (tertiary/aromatic N) is 3. The zero-order valence-corrected chi connectivity index (χ0v) is 14.0. The van der Waals surface area contributed by atoms with Gasteiger partial charge in [-0.1, -0.05) is 5.16 Å². The van der Waals surface area contributed by atoms with Gasteiger partial charge in [-0.15, -0.1) is 5.10 Å². The highest BCUT2D eigenvalue weighted by Gasteiger charge is 2.25. The third-order valence-electron chi connectivity index (χ3n) is 3.27. The van der Waals surface area contributed by atoms with Crippen LogP contribution in [0.5, 0.6) is 5.75 Å². The number of carbonyl (C=O) groups excluding carboxylic acids is 2. The van der Waals surface area contributed by atoms with Crippen LogP contribution < -0.4 is 5.32 Å². The lowest BCUT2D eigenvalue weighted by Crippen LogP contribution is -2.19. The molecule has 0 unspecified atom stereocenters. The van der Waals surface area contributed by atoms with Crippen molar-refractivity contribution in [3.05, 3.63) is 34.4 Å². The number of thioether (sulfide) groups is 1. The van der Waals surface area contributed by atoms with Crippen molar-refractivity contribution < 1.29 is 24.0 Å². The Morgan fingerprint density at radius 3 is 3.04 bits per heavy atom. The van der Waals surface area contributed by atoms with Gasteiger partial charge in [0.25, 0.3) is 5.91 Å². The van der Waals surface area contributed by atoms with Crippen LogP contribution in [0.1, 0.15) is 11.3 Å². The number of aromatic nitrogens is 1. The second-order valence-electron chi connectivity index (χ2n) is 4.88. The van der Waals surface area contributed by atoms with Crippen LogP contribution in [0, 0.1) is 6.92 Å². The highest BCUT2D eigenvalue weighted by Crippen LogP contribution is 2.28. The molecule has 2 heterocycles. The Balaban J connectivity index is 1.83. The number of rotatable bonds is 3. The lowest BCUT2D eigenvalue weighted by Gasteiger charge is -1.97. The average molecular weight is 360 g/mol. The Hall–Kier alpha value is -3.14. The number of amidine groups is 1. The van der Waals surface area contributed by atoms with Gasteiger partial charge in [0.15, 0.2) is 10.8 Å². The molecule has 0 bridgehead atoms. The largest absolute Gasteiger partial charge is 0.507 e. The quantitative estimate of drug-likeness (QED) is 0.367. The number of amides is 1. The maximum Gasteiger partial charge on any atom is 0.331 e. The van der Waals surface area contributed by atoms with Crippen LogP contribution in [0.3, 0.4) is 0 Å². The molecule has 0 radical (unpaired) electrons. The normalized spacial score (nSPS) is 17.8. The average Bonchev–Trinajstić information content (AvgIpc) is 3.13. The van der Waals surface area contributed by atoms with E-state index in [4.69, 9.17) is 4.52 Å². The summed E-state index contributed by atoms with van der Waals surface area (Å²) in [5.41, 5.74) is 1.39. The van der Waals surface area contributed by atoms with E-state index < -0.39 is 11.9 Å². The molecule has 0 atom stereocenters. The van der Waals surface area contributed by atoms with Crippen LogP contribution >= 0.6 is 11.8 Å². The van der Waals surface area contributed by atoms with Gasteiger partial charge in [0.05, 0.1) is 29.5 Å².